The first kappa shape index (κ1) is 24.2. The molecule has 0 saturated heterocycles. The first-order chi connectivity index (χ1) is 21.3. The minimum absolute atomic E-state index is 0.321. The van der Waals surface area contributed by atoms with Crippen molar-refractivity contribution in [2.75, 3.05) is 0 Å². The van der Waals surface area contributed by atoms with Crippen LogP contribution in [0.4, 0.5) is 0 Å². The van der Waals surface area contributed by atoms with Crippen molar-refractivity contribution >= 4 is 49.6 Å². The van der Waals surface area contributed by atoms with E-state index in [4.69, 9.17) is 4.42 Å². The Hall–Kier alpha value is -5.40. The summed E-state index contributed by atoms with van der Waals surface area (Å²) in [6.45, 7) is 0. The number of hydrogen-bond donors (Lipinski definition) is 0. The minimum atomic E-state index is 0.321. The van der Waals surface area contributed by atoms with Crippen LogP contribution in [0, 0.1) is 0 Å². The third-order valence-corrected chi connectivity index (χ3v) is 9.20. The van der Waals surface area contributed by atoms with Crippen molar-refractivity contribution in [1.29, 1.82) is 0 Å². The van der Waals surface area contributed by atoms with E-state index in [-0.39, 0.29) is 0 Å². The maximum Gasteiger partial charge on any atom is 0.136 e. The Morgan fingerprint density at radius 2 is 1.14 bits per heavy atom. The van der Waals surface area contributed by atoms with Crippen LogP contribution in [0.5, 0.6) is 0 Å². The summed E-state index contributed by atoms with van der Waals surface area (Å²) in [5.74, 6) is 0.321. The van der Waals surface area contributed by atoms with Gasteiger partial charge in [0.2, 0.25) is 0 Å². The standard InChI is InChI=1S/C42H28O/c1-3-11-27(12-4-1)31-19-21-35-38(24-31)42(34-18-10-9-17-33(34)41(35)28-13-5-2-6-14-28)32-20-22-39-36(25-32)37-23-29-15-7-8-16-30(29)26-40(37)43-39/h1-23,25-26,31H,24H2. The van der Waals surface area contributed by atoms with Crippen molar-refractivity contribution in [3.8, 4) is 22.3 Å². The second-order valence-electron chi connectivity index (χ2n) is 11.6. The number of allylic oxidation sites excluding steroid dienone is 1. The maximum absolute atomic E-state index is 6.39. The van der Waals surface area contributed by atoms with Gasteiger partial charge in [-0.2, -0.15) is 0 Å². The van der Waals surface area contributed by atoms with Crippen molar-refractivity contribution < 1.29 is 4.42 Å². The summed E-state index contributed by atoms with van der Waals surface area (Å²) in [6.07, 6.45) is 5.73. The van der Waals surface area contributed by atoms with Crippen molar-refractivity contribution in [3.05, 3.63) is 162 Å². The maximum atomic E-state index is 6.39. The molecule has 1 unspecified atom stereocenters. The molecule has 0 saturated carbocycles. The summed E-state index contributed by atoms with van der Waals surface area (Å²) >= 11 is 0. The van der Waals surface area contributed by atoms with Crippen LogP contribution >= 0.6 is 0 Å². The van der Waals surface area contributed by atoms with Crippen LogP contribution in [0.2, 0.25) is 0 Å². The molecule has 1 heterocycles. The van der Waals surface area contributed by atoms with Crippen molar-refractivity contribution in [1.82, 2.24) is 0 Å². The van der Waals surface area contributed by atoms with Gasteiger partial charge in [0.1, 0.15) is 11.2 Å². The largest absolute Gasteiger partial charge is 0.456 e. The van der Waals surface area contributed by atoms with E-state index in [9.17, 15) is 0 Å². The van der Waals surface area contributed by atoms with Gasteiger partial charge in [0.15, 0.2) is 0 Å². The molecule has 202 valence electrons. The lowest BCUT2D eigenvalue weighted by molar-refractivity contribution is 0.669. The van der Waals surface area contributed by atoms with Crippen LogP contribution < -0.4 is 0 Å². The fourth-order valence-electron chi connectivity index (χ4n) is 7.20. The van der Waals surface area contributed by atoms with Gasteiger partial charge in [0.05, 0.1) is 0 Å². The van der Waals surface area contributed by atoms with E-state index >= 15 is 0 Å². The molecule has 1 aromatic heterocycles. The first-order valence-corrected chi connectivity index (χ1v) is 15.0. The molecule has 1 aliphatic rings. The summed E-state index contributed by atoms with van der Waals surface area (Å²) in [6, 6.07) is 50.5. The lowest BCUT2D eigenvalue weighted by Crippen LogP contribution is -2.09. The van der Waals surface area contributed by atoms with Crippen molar-refractivity contribution in [3.63, 3.8) is 0 Å². The quantitative estimate of drug-likeness (QED) is 0.214. The molecule has 1 heteroatoms. The van der Waals surface area contributed by atoms with Crippen molar-refractivity contribution in [2.45, 2.75) is 12.3 Å². The van der Waals surface area contributed by atoms with Crippen molar-refractivity contribution in [2.24, 2.45) is 0 Å². The van der Waals surface area contributed by atoms with E-state index in [1.807, 2.05) is 0 Å². The fraction of sp³-hybridized carbons (Fsp3) is 0.0476. The topological polar surface area (TPSA) is 13.1 Å². The molecule has 0 spiro atoms. The molecule has 1 aliphatic carbocycles. The first-order valence-electron chi connectivity index (χ1n) is 15.0. The van der Waals surface area contributed by atoms with Crippen LogP contribution in [-0.2, 0) is 6.42 Å². The van der Waals surface area contributed by atoms with E-state index in [1.165, 1.54) is 60.5 Å². The summed E-state index contributed by atoms with van der Waals surface area (Å²) in [7, 11) is 0. The number of furan rings is 1. The summed E-state index contributed by atoms with van der Waals surface area (Å²) in [5, 5.41) is 7.33. The molecule has 0 radical (unpaired) electrons. The second kappa shape index (κ2) is 9.58. The average Bonchev–Trinajstić information content (AvgIpc) is 3.43. The third-order valence-electron chi connectivity index (χ3n) is 9.20. The van der Waals surface area contributed by atoms with Gasteiger partial charge in [-0.25, -0.2) is 0 Å². The Morgan fingerprint density at radius 1 is 0.488 bits per heavy atom. The molecule has 0 bridgehead atoms. The Bertz CT molecular complexity index is 2360. The highest BCUT2D eigenvalue weighted by molar-refractivity contribution is 6.14. The molecule has 1 atom stereocenters. The van der Waals surface area contributed by atoms with Crippen LogP contribution in [0.15, 0.2) is 150 Å². The Labute approximate surface area is 250 Å². The van der Waals surface area contributed by atoms with Gasteiger partial charge in [0, 0.05) is 16.7 Å². The van der Waals surface area contributed by atoms with Crippen LogP contribution in [0.3, 0.4) is 0 Å². The van der Waals surface area contributed by atoms with E-state index in [1.54, 1.807) is 0 Å². The van der Waals surface area contributed by atoms with Gasteiger partial charge in [-0.05, 0) is 91.2 Å². The molecule has 1 nitrogen and oxygen atoms in total. The van der Waals surface area contributed by atoms with Gasteiger partial charge < -0.3 is 4.42 Å². The van der Waals surface area contributed by atoms with Crippen LogP contribution in [0.1, 0.15) is 22.6 Å². The molecule has 0 fully saturated rings. The fourth-order valence-corrected chi connectivity index (χ4v) is 7.20. The predicted molar refractivity (Wildman–Crippen MR) is 182 cm³/mol. The minimum Gasteiger partial charge on any atom is -0.456 e. The molecule has 7 aromatic carbocycles. The molecular formula is C42H28O. The number of fused-ring (bicyclic) bond motifs is 6. The zero-order valence-corrected chi connectivity index (χ0v) is 23.6. The van der Waals surface area contributed by atoms with Crippen LogP contribution in [-0.4, -0.2) is 0 Å². The zero-order chi connectivity index (χ0) is 28.3. The summed E-state index contributed by atoms with van der Waals surface area (Å²) < 4.78 is 6.39. The number of rotatable bonds is 3. The van der Waals surface area contributed by atoms with E-state index < -0.39 is 0 Å². The van der Waals surface area contributed by atoms with E-state index in [0.29, 0.717) is 5.92 Å². The summed E-state index contributed by atoms with van der Waals surface area (Å²) in [4.78, 5) is 0. The molecule has 8 aromatic rings. The van der Waals surface area contributed by atoms with Crippen LogP contribution in [0.25, 0.3) is 71.8 Å². The molecule has 0 amide bonds. The van der Waals surface area contributed by atoms with Gasteiger partial charge >= 0.3 is 0 Å². The molecular weight excluding hydrogens is 520 g/mol. The SMILES string of the molecule is C1=CC(c2ccccc2)Cc2c1c(-c1ccccc1)c1ccccc1c2-c1ccc2oc3cc4ccccc4cc3c2c1. The third kappa shape index (κ3) is 3.86. The summed E-state index contributed by atoms with van der Waals surface area (Å²) in [5.41, 5.74) is 11.1. The smallest absolute Gasteiger partial charge is 0.136 e. The highest BCUT2D eigenvalue weighted by Crippen LogP contribution is 2.47. The van der Waals surface area contributed by atoms with E-state index in [0.717, 1.165) is 28.4 Å². The van der Waals surface area contributed by atoms with Gasteiger partial charge in [-0.3, -0.25) is 0 Å². The highest BCUT2D eigenvalue weighted by Gasteiger charge is 2.25. The van der Waals surface area contributed by atoms with Gasteiger partial charge in [-0.1, -0.05) is 127 Å². The number of benzene rings is 7. The average molecular weight is 549 g/mol. The lowest BCUT2D eigenvalue weighted by atomic mass is 9.76. The number of hydrogen-bond acceptors (Lipinski definition) is 1. The normalized spacial score (nSPS) is 14.6. The highest BCUT2D eigenvalue weighted by atomic mass is 16.3. The van der Waals surface area contributed by atoms with Gasteiger partial charge in [0.25, 0.3) is 0 Å². The second-order valence-corrected chi connectivity index (χ2v) is 11.6. The molecule has 0 N–H and O–H groups in total. The molecule has 9 rings (SSSR count). The predicted octanol–water partition coefficient (Wildman–Crippen LogP) is 11.6. The van der Waals surface area contributed by atoms with Gasteiger partial charge in [-0.15, -0.1) is 0 Å². The molecule has 0 aliphatic heterocycles. The Kier molecular flexibility index (Phi) is 5.39. The Morgan fingerprint density at radius 3 is 1.93 bits per heavy atom. The Balaban J connectivity index is 1.35. The molecule has 43 heavy (non-hydrogen) atoms. The van der Waals surface area contributed by atoms with E-state index in [2.05, 4.69) is 152 Å². The monoisotopic (exact) mass is 548 g/mol. The zero-order valence-electron chi connectivity index (χ0n) is 23.6. The lowest BCUT2D eigenvalue weighted by Gasteiger charge is -2.27.